The Bertz CT molecular complexity index is 306. The lowest BCUT2D eigenvalue weighted by molar-refractivity contribution is -0.141. The van der Waals surface area contributed by atoms with Crippen molar-refractivity contribution in [1.29, 1.82) is 0 Å². The monoisotopic (exact) mass is 203 g/mol. The van der Waals surface area contributed by atoms with E-state index in [-0.39, 0.29) is 0 Å². The number of nitrogens with zero attached hydrogens (tertiary/aromatic N) is 1. The van der Waals surface area contributed by atoms with E-state index in [2.05, 4.69) is 10.1 Å². The summed E-state index contributed by atoms with van der Waals surface area (Å²) in [6, 6.07) is 4.76. The molecule has 0 aliphatic carbocycles. The number of rotatable bonds is 0. The Morgan fingerprint density at radius 2 is 1.79 bits per heavy atom. The molecule has 0 saturated heterocycles. The van der Waals surface area contributed by atoms with E-state index in [9.17, 15) is 13.2 Å². The predicted molar refractivity (Wildman–Crippen MR) is 44.4 cm³/mol. The maximum Gasteiger partial charge on any atom is 0.432 e. The Morgan fingerprint density at radius 1 is 1.14 bits per heavy atom. The molecule has 3 nitrogen and oxygen atoms in total. The van der Waals surface area contributed by atoms with Gasteiger partial charge in [-0.25, -0.2) is 0 Å². The van der Waals surface area contributed by atoms with E-state index in [0.717, 1.165) is 12.3 Å². The van der Waals surface area contributed by atoms with Crippen LogP contribution in [0, 0.1) is 0 Å². The molecule has 0 radical (unpaired) electrons. The van der Waals surface area contributed by atoms with Crippen LogP contribution in [0.25, 0.3) is 0 Å². The van der Waals surface area contributed by atoms with Gasteiger partial charge in [0, 0.05) is 18.6 Å². The van der Waals surface area contributed by atoms with Crippen molar-refractivity contribution < 1.29 is 13.2 Å². The molecule has 0 unspecified atom stereocenters. The van der Waals surface area contributed by atoms with Crippen LogP contribution in [-0.2, 0) is 6.18 Å². The first-order chi connectivity index (χ1) is 6.61. The molecule has 0 atom stereocenters. The number of H-pyrrole nitrogens is 2. The highest BCUT2D eigenvalue weighted by Crippen LogP contribution is 2.26. The average Bonchev–Trinajstić information content (AvgIpc) is 2.80. The molecule has 2 N–H and O–H groups in total. The minimum Gasteiger partial charge on any atom is -0.368 e. The van der Waals surface area contributed by atoms with Crippen molar-refractivity contribution in [2.45, 2.75) is 6.18 Å². The zero-order valence-electron chi connectivity index (χ0n) is 7.05. The number of aromatic amines is 2. The van der Waals surface area contributed by atoms with E-state index in [1.165, 1.54) is 0 Å². The molecule has 0 aliphatic rings. The van der Waals surface area contributed by atoms with Gasteiger partial charge in [-0.15, -0.1) is 0 Å². The van der Waals surface area contributed by atoms with Crippen molar-refractivity contribution >= 4 is 0 Å². The molecule has 14 heavy (non-hydrogen) atoms. The Balaban J connectivity index is 0.000000165. The zero-order valence-corrected chi connectivity index (χ0v) is 7.05. The van der Waals surface area contributed by atoms with Gasteiger partial charge in [-0.2, -0.15) is 18.3 Å². The van der Waals surface area contributed by atoms with Gasteiger partial charge in [-0.1, -0.05) is 0 Å². The highest BCUT2D eigenvalue weighted by atomic mass is 19.4. The summed E-state index contributed by atoms with van der Waals surface area (Å²) in [4.78, 5) is 2.86. The lowest BCUT2D eigenvalue weighted by Gasteiger charge is -1.99. The second-order valence-electron chi connectivity index (χ2n) is 2.35. The molecule has 6 heteroatoms. The van der Waals surface area contributed by atoms with Crippen LogP contribution in [0.3, 0.4) is 0 Å². The SMILES string of the molecule is FC(F)(F)c1ccn[nH]1.c1cc[nH]c1. The number of alkyl halides is 3. The van der Waals surface area contributed by atoms with Crippen LogP contribution >= 0.6 is 0 Å². The lowest BCUT2D eigenvalue weighted by Crippen LogP contribution is -2.04. The third-order valence-corrected chi connectivity index (χ3v) is 1.30. The molecule has 76 valence electrons. The second-order valence-corrected chi connectivity index (χ2v) is 2.35. The predicted octanol–water partition coefficient (Wildman–Crippen LogP) is 2.44. The second kappa shape index (κ2) is 4.50. The van der Waals surface area contributed by atoms with Gasteiger partial charge in [-0.3, -0.25) is 5.10 Å². The number of hydrogen-bond acceptors (Lipinski definition) is 1. The molecule has 0 fully saturated rings. The summed E-state index contributed by atoms with van der Waals surface area (Å²) >= 11 is 0. The van der Waals surface area contributed by atoms with Crippen LogP contribution in [0.2, 0.25) is 0 Å². The molecule has 2 aromatic rings. The normalized spacial score (nSPS) is 10.5. The van der Waals surface area contributed by atoms with Crippen LogP contribution in [0.15, 0.2) is 36.8 Å². The molecule has 2 rings (SSSR count). The van der Waals surface area contributed by atoms with Crippen LogP contribution in [0.5, 0.6) is 0 Å². The van der Waals surface area contributed by atoms with Crippen LogP contribution in [0.4, 0.5) is 13.2 Å². The Kier molecular flexibility index (Phi) is 3.33. The summed E-state index contributed by atoms with van der Waals surface area (Å²) in [6.07, 6.45) is 0.513. The van der Waals surface area contributed by atoms with Gasteiger partial charge in [0.1, 0.15) is 5.69 Å². The molecule has 0 saturated carbocycles. The smallest absolute Gasteiger partial charge is 0.368 e. The molecule has 0 bridgehead atoms. The van der Waals surface area contributed by atoms with Gasteiger partial charge in [0.2, 0.25) is 0 Å². The fourth-order valence-corrected chi connectivity index (χ4v) is 0.692. The van der Waals surface area contributed by atoms with Gasteiger partial charge in [-0.05, 0) is 18.2 Å². The van der Waals surface area contributed by atoms with E-state index in [1.54, 1.807) is 5.10 Å². The summed E-state index contributed by atoms with van der Waals surface area (Å²) in [5.41, 5.74) is -0.817. The van der Waals surface area contributed by atoms with Crippen LogP contribution < -0.4 is 0 Å². The van der Waals surface area contributed by atoms with Gasteiger partial charge in [0.15, 0.2) is 0 Å². The van der Waals surface area contributed by atoms with Crippen molar-refractivity contribution in [2.75, 3.05) is 0 Å². The molecule has 2 aromatic heterocycles. The Hall–Kier alpha value is -1.72. The number of hydrogen-bond donors (Lipinski definition) is 2. The Morgan fingerprint density at radius 3 is 2.00 bits per heavy atom. The van der Waals surface area contributed by atoms with E-state index in [4.69, 9.17) is 0 Å². The minimum absolute atomic E-state index is 0.817. The number of nitrogens with one attached hydrogen (secondary N) is 2. The first-order valence-electron chi connectivity index (χ1n) is 3.75. The standard InChI is InChI=1S/C4H3F3N2.C4H5N/c5-4(6,7)3-1-2-8-9-3;1-2-4-5-3-1/h1-2H,(H,8,9);1-5H. The summed E-state index contributed by atoms with van der Waals surface area (Å²) in [7, 11) is 0. The molecular formula is C8H8F3N3. The summed E-state index contributed by atoms with van der Waals surface area (Å²) in [6.45, 7) is 0. The van der Waals surface area contributed by atoms with Crippen molar-refractivity contribution in [1.82, 2.24) is 15.2 Å². The van der Waals surface area contributed by atoms with Crippen molar-refractivity contribution in [3.63, 3.8) is 0 Å². The van der Waals surface area contributed by atoms with Crippen LogP contribution in [-0.4, -0.2) is 15.2 Å². The summed E-state index contributed by atoms with van der Waals surface area (Å²) in [5.74, 6) is 0. The van der Waals surface area contributed by atoms with Crippen molar-refractivity contribution in [2.24, 2.45) is 0 Å². The van der Waals surface area contributed by atoms with Gasteiger partial charge < -0.3 is 4.98 Å². The molecule has 0 amide bonds. The first-order valence-corrected chi connectivity index (χ1v) is 3.75. The van der Waals surface area contributed by atoms with Crippen LogP contribution in [0.1, 0.15) is 5.69 Å². The number of aromatic nitrogens is 3. The fraction of sp³-hybridized carbons (Fsp3) is 0.125. The Labute approximate surface area is 78.0 Å². The zero-order chi connectivity index (χ0) is 10.4. The van der Waals surface area contributed by atoms with E-state index in [0.29, 0.717) is 0 Å². The lowest BCUT2D eigenvalue weighted by atomic mass is 10.4. The average molecular weight is 203 g/mol. The number of halogens is 3. The third-order valence-electron chi connectivity index (χ3n) is 1.30. The van der Waals surface area contributed by atoms with Crippen molar-refractivity contribution in [3.05, 3.63) is 42.5 Å². The fourth-order valence-electron chi connectivity index (χ4n) is 0.692. The molecule has 0 aromatic carbocycles. The molecule has 0 aliphatic heterocycles. The molecular weight excluding hydrogens is 195 g/mol. The largest absolute Gasteiger partial charge is 0.432 e. The van der Waals surface area contributed by atoms with E-state index < -0.39 is 11.9 Å². The minimum atomic E-state index is -4.30. The van der Waals surface area contributed by atoms with E-state index in [1.807, 2.05) is 24.5 Å². The maximum absolute atomic E-state index is 11.5. The van der Waals surface area contributed by atoms with Gasteiger partial charge >= 0.3 is 6.18 Å². The van der Waals surface area contributed by atoms with E-state index >= 15 is 0 Å². The topological polar surface area (TPSA) is 44.5 Å². The van der Waals surface area contributed by atoms with Crippen molar-refractivity contribution in [3.8, 4) is 0 Å². The maximum atomic E-state index is 11.5. The first kappa shape index (κ1) is 10.4. The van der Waals surface area contributed by atoms with Gasteiger partial charge in [0.05, 0.1) is 0 Å². The van der Waals surface area contributed by atoms with Gasteiger partial charge in [0.25, 0.3) is 0 Å². The highest BCUT2D eigenvalue weighted by Gasteiger charge is 2.31. The molecule has 0 spiro atoms. The summed E-state index contributed by atoms with van der Waals surface area (Å²) < 4.78 is 34.6. The quantitative estimate of drug-likeness (QED) is 0.678. The molecule has 2 heterocycles. The third kappa shape index (κ3) is 3.34. The highest BCUT2D eigenvalue weighted by molar-refractivity contribution is 5.01. The summed E-state index contributed by atoms with van der Waals surface area (Å²) in [5, 5.41) is 4.95.